The Morgan fingerprint density at radius 3 is 2.53 bits per heavy atom. The summed E-state index contributed by atoms with van der Waals surface area (Å²) in [5.41, 5.74) is 2.31. The molecule has 1 aromatic carbocycles. The second kappa shape index (κ2) is 3.42. The number of benzene rings is 1. The highest BCUT2D eigenvalue weighted by Crippen LogP contribution is 2.29. The number of fused-ring (bicyclic) bond motifs is 1. The summed E-state index contributed by atoms with van der Waals surface area (Å²) in [5.74, 6) is 0. The van der Waals surface area contributed by atoms with E-state index in [2.05, 4.69) is 10.6 Å². The molecular formula is C12H14N2O. The molecule has 0 unspecified atom stereocenters. The van der Waals surface area contributed by atoms with Gasteiger partial charge in [-0.15, -0.1) is 0 Å². The van der Waals surface area contributed by atoms with Crippen LogP contribution in [0, 0.1) is 0 Å². The van der Waals surface area contributed by atoms with Gasteiger partial charge in [0, 0.05) is 0 Å². The number of carbonyl (C=O) groups excluding carboxylic acids is 1. The molecule has 78 valence electrons. The van der Waals surface area contributed by atoms with Crippen molar-refractivity contribution in [3.63, 3.8) is 0 Å². The molecule has 3 nitrogen and oxygen atoms in total. The van der Waals surface area contributed by atoms with Gasteiger partial charge in [-0.05, 0) is 32.1 Å². The molecule has 0 amide bonds. The van der Waals surface area contributed by atoms with Crippen molar-refractivity contribution in [1.29, 1.82) is 0 Å². The van der Waals surface area contributed by atoms with Gasteiger partial charge < -0.3 is 10.6 Å². The number of para-hydroxylation sites is 2. The van der Waals surface area contributed by atoms with Crippen LogP contribution in [0.1, 0.15) is 13.8 Å². The Bertz CT molecular complexity index is 421. The molecule has 0 fully saturated rings. The molecule has 0 bridgehead atoms. The lowest BCUT2D eigenvalue weighted by molar-refractivity contribution is -0.104. The van der Waals surface area contributed by atoms with Crippen LogP contribution < -0.4 is 10.6 Å². The van der Waals surface area contributed by atoms with E-state index in [0.29, 0.717) is 5.70 Å². The zero-order valence-electron chi connectivity index (χ0n) is 8.87. The number of allylic oxidation sites excluding steroid dienone is 1. The average molecular weight is 202 g/mol. The summed E-state index contributed by atoms with van der Waals surface area (Å²) in [4.78, 5) is 10.9. The number of nitrogens with one attached hydrogen (secondary N) is 2. The third-order valence-electron chi connectivity index (χ3n) is 2.31. The van der Waals surface area contributed by atoms with Gasteiger partial charge in [0.1, 0.15) is 0 Å². The summed E-state index contributed by atoms with van der Waals surface area (Å²) in [6.07, 6.45) is 2.73. The Labute approximate surface area is 89.2 Å². The van der Waals surface area contributed by atoms with Crippen molar-refractivity contribution in [2.45, 2.75) is 19.4 Å². The number of aldehydes is 1. The highest BCUT2D eigenvalue weighted by molar-refractivity contribution is 5.84. The summed E-state index contributed by atoms with van der Waals surface area (Å²) in [5, 5.41) is 6.46. The third-order valence-corrected chi connectivity index (χ3v) is 2.31. The van der Waals surface area contributed by atoms with Crippen molar-refractivity contribution in [3.8, 4) is 0 Å². The Hall–Kier alpha value is -1.77. The minimum absolute atomic E-state index is 0.226. The van der Waals surface area contributed by atoms with E-state index in [1.165, 1.54) is 0 Å². The Morgan fingerprint density at radius 2 is 1.87 bits per heavy atom. The topological polar surface area (TPSA) is 41.1 Å². The molecule has 0 radical (unpaired) electrons. The molecule has 1 heterocycles. The predicted octanol–water partition coefficient (Wildman–Crippen LogP) is 2.39. The monoisotopic (exact) mass is 202 g/mol. The highest BCUT2D eigenvalue weighted by Gasteiger charge is 2.20. The van der Waals surface area contributed by atoms with Crippen LogP contribution in [0.2, 0.25) is 0 Å². The van der Waals surface area contributed by atoms with Crippen LogP contribution in [0.3, 0.4) is 0 Å². The highest BCUT2D eigenvalue weighted by atomic mass is 16.1. The Balaban J connectivity index is 2.48. The maximum Gasteiger partial charge on any atom is 0.166 e. The largest absolute Gasteiger partial charge is 0.375 e. The van der Waals surface area contributed by atoms with Crippen molar-refractivity contribution in [3.05, 3.63) is 36.0 Å². The minimum Gasteiger partial charge on any atom is -0.375 e. The lowest BCUT2D eigenvalue weighted by atomic mass is 10.0. The molecule has 2 rings (SSSR count). The van der Waals surface area contributed by atoms with Crippen LogP contribution in [-0.2, 0) is 4.79 Å². The second-order valence-electron chi connectivity index (χ2n) is 4.23. The molecule has 0 aromatic heterocycles. The van der Waals surface area contributed by atoms with Gasteiger partial charge in [-0.25, -0.2) is 0 Å². The van der Waals surface area contributed by atoms with E-state index < -0.39 is 0 Å². The van der Waals surface area contributed by atoms with Crippen LogP contribution in [0.15, 0.2) is 36.0 Å². The van der Waals surface area contributed by atoms with Crippen LogP contribution in [0.5, 0.6) is 0 Å². The van der Waals surface area contributed by atoms with E-state index in [9.17, 15) is 4.79 Å². The van der Waals surface area contributed by atoms with Crippen molar-refractivity contribution in [2.75, 3.05) is 10.6 Å². The first-order chi connectivity index (χ1) is 7.11. The fraction of sp³-hybridized carbons (Fsp3) is 0.250. The molecular weight excluding hydrogens is 188 g/mol. The summed E-state index contributed by atoms with van der Waals surface area (Å²) in [6, 6.07) is 7.84. The lowest BCUT2D eigenvalue weighted by Crippen LogP contribution is -2.27. The molecule has 0 spiro atoms. The van der Waals surface area contributed by atoms with Gasteiger partial charge in [-0.1, -0.05) is 12.1 Å². The molecule has 1 aliphatic rings. The van der Waals surface area contributed by atoms with Crippen LogP contribution >= 0.6 is 0 Å². The second-order valence-corrected chi connectivity index (χ2v) is 4.23. The molecule has 1 aliphatic heterocycles. The first-order valence-electron chi connectivity index (χ1n) is 4.93. The lowest BCUT2D eigenvalue weighted by Gasteiger charge is -2.22. The maximum atomic E-state index is 10.9. The average Bonchev–Trinajstić information content (AvgIpc) is 2.31. The first-order valence-corrected chi connectivity index (χ1v) is 4.93. The fourth-order valence-corrected chi connectivity index (χ4v) is 1.73. The maximum absolute atomic E-state index is 10.9. The standard InChI is InChI=1S/C12H14N2O/c1-12(2)7-9(8-15)13-10-5-3-4-6-11(10)14-12/h3-8,13-14H,1-2H3. The van der Waals surface area contributed by atoms with Crippen molar-refractivity contribution in [2.24, 2.45) is 0 Å². The minimum atomic E-state index is -0.226. The zero-order chi connectivity index (χ0) is 10.9. The molecule has 0 saturated carbocycles. The van der Waals surface area contributed by atoms with E-state index >= 15 is 0 Å². The number of anilines is 2. The quantitative estimate of drug-likeness (QED) is 0.687. The number of hydrogen-bond donors (Lipinski definition) is 2. The molecule has 15 heavy (non-hydrogen) atoms. The van der Waals surface area contributed by atoms with Gasteiger partial charge in [0.15, 0.2) is 6.29 Å². The molecule has 0 saturated heterocycles. The molecule has 1 aromatic rings. The zero-order valence-corrected chi connectivity index (χ0v) is 8.87. The van der Waals surface area contributed by atoms with Gasteiger partial charge in [-0.2, -0.15) is 0 Å². The van der Waals surface area contributed by atoms with E-state index in [0.717, 1.165) is 17.7 Å². The van der Waals surface area contributed by atoms with Crippen LogP contribution in [0.25, 0.3) is 0 Å². The SMILES string of the molecule is CC1(C)C=C(C=O)Nc2ccccc2N1. The summed E-state index contributed by atoms with van der Waals surface area (Å²) in [6.45, 7) is 4.06. The van der Waals surface area contributed by atoms with Gasteiger partial charge in [-0.3, -0.25) is 4.79 Å². The smallest absolute Gasteiger partial charge is 0.166 e. The van der Waals surface area contributed by atoms with Gasteiger partial charge >= 0.3 is 0 Å². The number of hydrogen-bond acceptors (Lipinski definition) is 3. The van der Waals surface area contributed by atoms with E-state index in [-0.39, 0.29) is 5.54 Å². The van der Waals surface area contributed by atoms with Gasteiger partial charge in [0.05, 0.1) is 22.6 Å². The molecule has 3 heteroatoms. The summed E-state index contributed by atoms with van der Waals surface area (Å²) >= 11 is 0. The molecule has 0 aliphatic carbocycles. The van der Waals surface area contributed by atoms with Gasteiger partial charge in [0.2, 0.25) is 0 Å². The van der Waals surface area contributed by atoms with Crippen molar-refractivity contribution >= 4 is 17.7 Å². The third kappa shape index (κ3) is 2.01. The first kappa shape index (κ1) is 9.77. The van der Waals surface area contributed by atoms with Crippen LogP contribution in [0.4, 0.5) is 11.4 Å². The Kier molecular flexibility index (Phi) is 2.23. The molecule has 0 atom stereocenters. The number of rotatable bonds is 1. The Morgan fingerprint density at radius 1 is 1.20 bits per heavy atom. The predicted molar refractivity (Wildman–Crippen MR) is 61.9 cm³/mol. The van der Waals surface area contributed by atoms with Crippen molar-refractivity contribution in [1.82, 2.24) is 0 Å². The van der Waals surface area contributed by atoms with Crippen LogP contribution in [-0.4, -0.2) is 11.8 Å². The fourth-order valence-electron chi connectivity index (χ4n) is 1.73. The van der Waals surface area contributed by atoms with E-state index in [4.69, 9.17) is 0 Å². The molecule has 2 N–H and O–H groups in total. The number of carbonyl (C=O) groups is 1. The van der Waals surface area contributed by atoms with E-state index in [1.807, 2.05) is 44.2 Å². The summed E-state index contributed by atoms with van der Waals surface area (Å²) < 4.78 is 0. The summed E-state index contributed by atoms with van der Waals surface area (Å²) in [7, 11) is 0. The van der Waals surface area contributed by atoms with E-state index in [1.54, 1.807) is 0 Å². The normalized spacial score (nSPS) is 17.6. The van der Waals surface area contributed by atoms with Crippen molar-refractivity contribution < 1.29 is 4.79 Å². The van der Waals surface area contributed by atoms with Gasteiger partial charge in [0.25, 0.3) is 0 Å².